The highest BCUT2D eigenvalue weighted by molar-refractivity contribution is 5.98. The quantitative estimate of drug-likeness (QED) is 0.833. The molecule has 5 nitrogen and oxygen atoms in total. The summed E-state index contributed by atoms with van der Waals surface area (Å²) in [4.78, 5) is 4.49. The van der Waals surface area contributed by atoms with Gasteiger partial charge < -0.3 is 14.8 Å². The fourth-order valence-electron chi connectivity index (χ4n) is 2.21. The molecule has 1 aromatic carbocycles. The highest BCUT2D eigenvalue weighted by Gasteiger charge is 2.28. The van der Waals surface area contributed by atoms with Gasteiger partial charge in [0, 0.05) is 0 Å². The Hall–Kier alpha value is -2.48. The number of nitrogens with one attached hydrogen (secondary N) is 1. The topological polar surface area (TPSA) is 66.6 Å². The van der Waals surface area contributed by atoms with Gasteiger partial charge in [-0.1, -0.05) is 30.3 Å². The predicted molar refractivity (Wildman–Crippen MR) is 73.8 cm³/mol. The molecular formula is C15H15N3O2. The van der Waals surface area contributed by atoms with Crippen LogP contribution in [0.4, 0.5) is 0 Å². The minimum atomic E-state index is -0.0611. The summed E-state index contributed by atoms with van der Waals surface area (Å²) in [7, 11) is 0. The van der Waals surface area contributed by atoms with E-state index in [4.69, 9.17) is 9.47 Å². The molecule has 2 aliphatic heterocycles. The Bertz CT molecular complexity index is 601. The number of aliphatic imine (C=N–C) groups is 1. The first-order valence-corrected chi connectivity index (χ1v) is 6.57. The zero-order valence-corrected chi connectivity index (χ0v) is 11.2. The highest BCUT2D eigenvalue weighted by atomic mass is 16.5. The van der Waals surface area contributed by atoms with E-state index in [9.17, 15) is 5.26 Å². The van der Waals surface area contributed by atoms with Gasteiger partial charge in [0.05, 0.1) is 6.04 Å². The van der Waals surface area contributed by atoms with Crippen LogP contribution in [0.3, 0.4) is 0 Å². The molecule has 0 saturated carbocycles. The van der Waals surface area contributed by atoms with Crippen LogP contribution in [0.2, 0.25) is 0 Å². The summed E-state index contributed by atoms with van der Waals surface area (Å²) < 4.78 is 11.0. The number of nitriles is 1. The molecule has 0 spiro atoms. The third-order valence-electron chi connectivity index (χ3n) is 3.24. The Morgan fingerprint density at radius 1 is 1.30 bits per heavy atom. The van der Waals surface area contributed by atoms with Gasteiger partial charge in [-0.3, -0.25) is 0 Å². The number of benzene rings is 1. The van der Waals surface area contributed by atoms with E-state index in [0.717, 1.165) is 5.56 Å². The van der Waals surface area contributed by atoms with Gasteiger partial charge in [-0.05, 0) is 12.5 Å². The third kappa shape index (κ3) is 2.32. The molecule has 2 aliphatic rings. The molecule has 0 amide bonds. The summed E-state index contributed by atoms with van der Waals surface area (Å²) in [6, 6.07) is 12.2. The van der Waals surface area contributed by atoms with Gasteiger partial charge in [0.1, 0.15) is 25.3 Å². The van der Waals surface area contributed by atoms with Crippen LogP contribution in [0.25, 0.3) is 0 Å². The lowest BCUT2D eigenvalue weighted by atomic mass is 10.1. The van der Waals surface area contributed by atoms with Gasteiger partial charge in [0.2, 0.25) is 11.8 Å². The van der Waals surface area contributed by atoms with E-state index in [2.05, 4.69) is 16.4 Å². The zero-order chi connectivity index (χ0) is 13.9. The third-order valence-corrected chi connectivity index (χ3v) is 3.24. The first-order valence-electron chi connectivity index (χ1n) is 6.57. The van der Waals surface area contributed by atoms with Crippen LogP contribution in [-0.4, -0.2) is 25.2 Å². The van der Waals surface area contributed by atoms with E-state index in [0.29, 0.717) is 30.6 Å². The van der Waals surface area contributed by atoms with Crippen molar-refractivity contribution < 1.29 is 9.47 Å². The molecule has 20 heavy (non-hydrogen) atoms. The highest BCUT2D eigenvalue weighted by Crippen LogP contribution is 2.26. The SMILES string of the molecule is C[C@H]1COC(=C(C#N)C2=N[C@@H](c3ccccc3)CO2)N1. The van der Waals surface area contributed by atoms with Crippen molar-refractivity contribution in [3.63, 3.8) is 0 Å². The Morgan fingerprint density at radius 3 is 2.75 bits per heavy atom. The first kappa shape index (κ1) is 12.5. The lowest BCUT2D eigenvalue weighted by Gasteiger charge is -2.04. The zero-order valence-electron chi connectivity index (χ0n) is 11.2. The summed E-state index contributed by atoms with van der Waals surface area (Å²) in [6.45, 7) is 3.00. The molecule has 2 heterocycles. The molecule has 1 saturated heterocycles. The van der Waals surface area contributed by atoms with Crippen LogP contribution < -0.4 is 5.32 Å². The Morgan fingerprint density at radius 2 is 2.10 bits per heavy atom. The molecule has 102 valence electrons. The minimum absolute atomic E-state index is 0.0611. The molecule has 1 aromatic rings. The van der Waals surface area contributed by atoms with Crippen molar-refractivity contribution >= 4 is 5.90 Å². The standard InChI is InChI=1S/C15H15N3O2/c1-10-8-19-14(17-10)12(7-16)15-18-13(9-20-15)11-5-3-2-4-6-11/h2-6,10,13,17H,8-9H2,1H3/t10-,13+/m0/s1. The minimum Gasteiger partial charge on any atom is -0.476 e. The normalized spacial score (nSPS) is 26.9. The van der Waals surface area contributed by atoms with Crippen LogP contribution in [0.15, 0.2) is 46.8 Å². The second-order valence-electron chi connectivity index (χ2n) is 4.84. The van der Waals surface area contributed by atoms with Gasteiger partial charge in [-0.25, -0.2) is 4.99 Å². The maximum atomic E-state index is 9.30. The van der Waals surface area contributed by atoms with Crippen LogP contribution in [0.5, 0.6) is 0 Å². The molecule has 0 aromatic heterocycles. The van der Waals surface area contributed by atoms with E-state index in [-0.39, 0.29) is 12.1 Å². The maximum Gasteiger partial charge on any atom is 0.233 e. The summed E-state index contributed by atoms with van der Waals surface area (Å²) in [5, 5.41) is 12.4. The average molecular weight is 269 g/mol. The molecule has 0 radical (unpaired) electrons. The fourth-order valence-corrected chi connectivity index (χ4v) is 2.21. The Balaban J connectivity index is 1.86. The Labute approximate surface area is 117 Å². The van der Waals surface area contributed by atoms with Crippen molar-refractivity contribution in [2.45, 2.75) is 19.0 Å². The van der Waals surface area contributed by atoms with Gasteiger partial charge in [0.15, 0.2) is 5.57 Å². The van der Waals surface area contributed by atoms with E-state index < -0.39 is 0 Å². The van der Waals surface area contributed by atoms with Crippen molar-refractivity contribution in [1.29, 1.82) is 5.26 Å². The summed E-state index contributed by atoms with van der Waals surface area (Å²) in [6.07, 6.45) is 0. The van der Waals surface area contributed by atoms with Crippen molar-refractivity contribution in [2.75, 3.05) is 13.2 Å². The maximum absolute atomic E-state index is 9.30. The lowest BCUT2D eigenvalue weighted by Crippen LogP contribution is -2.20. The Kier molecular flexibility index (Phi) is 3.30. The number of nitrogens with zero attached hydrogens (tertiary/aromatic N) is 2. The van der Waals surface area contributed by atoms with Crippen molar-refractivity contribution in [3.05, 3.63) is 47.4 Å². The summed E-state index contributed by atoms with van der Waals surface area (Å²) in [5.41, 5.74) is 1.42. The molecule has 5 heteroatoms. The lowest BCUT2D eigenvalue weighted by molar-refractivity contribution is 0.253. The van der Waals surface area contributed by atoms with E-state index in [1.807, 2.05) is 37.3 Å². The van der Waals surface area contributed by atoms with Crippen molar-refractivity contribution in [3.8, 4) is 6.07 Å². The molecule has 0 unspecified atom stereocenters. The second-order valence-corrected chi connectivity index (χ2v) is 4.84. The van der Waals surface area contributed by atoms with E-state index >= 15 is 0 Å². The molecule has 1 fully saturated rings. The summed E-state index contributed by atoms with van der Waals surface area (Å²) in [5.74, 6) is 0.824. The van der Waals surface area contributed by atoms with Crippen LogP contribution >= 0.6 is 0 Å². The molecule has 1 N–H and O–H groups in total. The van der Waals surface area contributed by atoms with Crippen LogP contribution in [-0.2, 0) is 9.47 Å². The second kappa shape index (κ2) is 5.25. The molecule has 3 rings (SSSR count). The molecule has 0 bridgehead atoms. The van der Waals surface area contributed by atoms with Crippen LogP contribution in [0.1, 0.15) is 18.5 Å². The van der Waals surface area contributed by atoms with Crippen molar-refractivity contribution in [1.82, 2.24) is 5.32 Å². The van der Waals surface area contributed by atoms with Gasteiger partial charge in [0.25, 0.3) is 0 Å². The monoisotopic (exact) mass is 269 g/mol. The average Bonchev–Trinajstić information content (AvgIpc) is 3.11. The number of ether oxygens (including phenoxy) is 2. The van der Waals surface area contributed by atoms with Gasteiger partial charge in [-0.15, -0.1) is 0 Å². The van der Waals surface area contributed by atoms with Gasteiger partial charge >= 0.3 is 0 Å². The van der Waals surface area contributed by atoms with Gasteiger partial charge in [-0.2, -0.15) is 5.26 Å². The van der Waals surface area contributed by atoms with E-state index in [1.54, 1.807) is 0 Å². The van der Waals surface area contributed by atoms with Crippen LogP contribution in [0, 0.1) is 11.3 Å². The van der Waals surface area contributed by atoms with E-state index in [1.165, 1.54) is 0 Å². The largest absolute Gasteiger partial charge is 0.476 e. The molecular weight excluding hydrogens is 254 g/mol. The number of hydrogen-bond acceptors (Lipinski definition) is 5. The number of rotatable bonds is 2. The number of hydrogen-bond donors (Lipinski definition) is 1. The fraction of sp³-hybridized carbons (Fsp3) is 0.333. The molecule has 2 atom stereocenters. The smallest absolute Gasteiger partial charge is 0.233 e. The molecule has 0 aliphatic carbocycles. The predicted octanol–water partition coefficient (Wildman–Crippen LogP) is 1.90. The van der Waals surface area contributed by atoms with Crippen molar-refractivity contribution in [2.24, 2.45) is 4.99 Å². The first-order chi connectivity index (χ1) is 9.78. The summed E-state index contributed by atoms with van der Waals surface area (Å²) >= 11 is 0.